The quantitative estimate of drug-likeness (QED) is 0.741. The molecule has 0 radical (unpaired) electrons. The fourth-order valence-corrected chi connectivity index (χ4v) is 2.02. The van der Waals surface area contributed by atoms with Crippen LogP contribution in [0.1, 0.15) is 0 Å². The number of phenolic OH excluding ortho intramolecular Hbond substituents is 1. The summed E-state index contributed by atoms with van der Waals surface area (Å²) in [6.07, 6.45) is 0. The average molecular weight is 241 g/mol. The summed E-state index contributed by atoms with van der Waals surface area (Å²) in [6, 6.07) is 9.28. The van der Waals surface area contributed by atoms with E-state index in [0.29, 0.717) is 10.8 Å². The molecule has 0 aliphatic heterocycles. The zero-order valence-corrected chi connectivity index (χ0v) is 9.36. The van der Waals surface area contributed by atoms with Crippen LogP contribution in [0.2, 0.25) is 0 Å². The second-order valence-corrected chi connectivity index (χ2v) is 4.44. The zero-order valence-electron chi connectivity index (χ0n) is 8.54. The summed E-state index contributed by atoms with van der Waals surface area (Å²) in [7, 11) is -4.62. The lowest BCUT2D eigenvalue weighted by Gasteiger charge is -2.10. The molecule has 0 spiro atoms. The van der Waals surface area contributed by atoms with Gasteiger partial charge in [-0.1, -0.05) is 30.3 Å². The molecule has 2 aromatic carbocycles. The molecule has 0 bridgehead atoms. The second kappa shape index (κ2) is 4.09. The summed E-state index contributed by atoms with van der Waals surface area (Å²) in [6.45, 7) is 0. The number of aromatic hydroxyl groups is 1. The van der Waals surface area contributed by atoms with E-state index in [1.54, 1.807) is 24.3 Å². The van der Waals surface area contributed by atoms with Gasteiger partial charge < -0.3 is 15.8 Å². The van der Waals surface area contributed by atoms with Gasteiger partial charge in [0.05, 0.1) is 4.90 Å². The van der Waals surface area contributed by atoms with Gasteiger partial charge in [-0.2, -0.15) is 0 Å². The van der Waals surface area contributed by atoms with Gasteiger partial charge in [0.2, 0.25) is 0 Å². The summed E-state index contributed by atoms with van der Waals surface area (Å²) >= 11 is 0. The Morgan fingerprint density at radius 1 is 1.06 bits per heavy atom. The number of hydrogen-bond acceptors (Lipinski definition) is 4. The van der Waals surface area contributed by atoms with Crippen LogP contribution >= 0.6 is 0 Å². The smallest absolute Gasteiger partial charge is 0.140 e. The van der Waals surface area contributed by atoms with Gasteiger partial charge in [-0.25, -0.2) is 8.42 Å². The number of phenols is 1. The maximum atomic E-state index is 10.8. The molecule has 0 aromatic heterocycles. The summed E-state index contributed by atoms with van der Waals surface area (Å²) < 4.78 is 32.3. The van der Waals surface area contributed by atoms with Gasteiger partial charge in [-0.05, 0) is 11.5 Å². The predicted octanol–water partition coefficient (Wildman–Crippen LogP) is 1.83. The molecule has 86 valence electrons. The number of rotatable bonds is 1. The van der Waals surface area contributed by atoms with Crippen molar-refractivity contribution in [2.45, 2.75) is 4.90 Å². The number of benzene rings is 2. The van der Waals surface area contributed by atoms with E-state index in [9.17, 15) is 18.1 Å². The Kier molecular flexibility index (Phi) is 3.18. The molecule has 2 rings (SSSR count). The highest BCUT2D eigenvalue weighted by Gasteiger charge is 2.10. The van der Waals surface area contributed by atoms with Crippen LogP contribution in [0.3, 0.4) is 0 Å². The number of hydrogen-bond donors (Lipinski definition) is 2. The first-order valence-corrected chi connectivity index (χ1v) is 5.57. The Labute approximate surface area is 92.7 Å². The fourth-order valence-electron chi connectivity index (χ4n) is 1.44. The van der Waals surface area contributed by atoms with Crippen LogP contribution < -0.4 is 6.15 Å². The normalized spacial score (nSPS) is 11.1. The Morgan fingerprint density at radius 3 is 2.31 bits per heavy atom. The van der Waals surface area contributed by atoms with Crippen molar-refractivity contribution in [3.8, 4) is 5.75 Å². The largest absolute Gasteiger partial charge is 0.744 e. The van der Waals surface area contributed by atoms with Crippen molar-refractivity contribution in [1.82, 2.24) is 6.15 Å². The molecule has 2 aromatic rings. The molecule has 0 saturated carbocycles. The second-order valence-electron chi connectivity index (χ2n) is 3.09. The van der Waals surface area contributed by atoms with E-state index < -0.39 is 20.8 Å². The predicted molar refractivity (Wildman–Crippen MR) is 59.6 cm³/mol. The van der Waals surface area contributed by atoms with Crippen LogP contribution in [0, 0.1) is 0 Å². The molecule has 0 saturated heterocycles. The number of fused-ring (bicyclic) bond motifs is 1. The molecule has 6 heteroatoms. The topological polar surface area (TPSA) is 114 Å². The van der Waals surface area contributed by atoms with E-state index in [1.165, 1.54) is 6.07 Å². The first-order valence-electron chi connectivity index (χ1n) is 4.17. The van der Waals surface area contributed by atoms with E-state index in [2.05, 4.69) is 0 Å². The van der Waals surface area contributed by atoms with Crippen molar-refractivity contribution in [2.24, 2.45) is 0 Å². The molecular formula is C10H11NO4S. The Hall–Kier alpha value is -1.63. The Morgan fingerprint density at radius 2 is 1.69 bits per heavy atom. The van der Waals surface area contributed by atoms with E-state index in [4.69, 9.17) is 0 Å². The van der Waals surface area contributed by atoms with Crippen LogP contribution in [-0.4, -0.2) is 18.1 Å². The van der Waals surface area contributed by atoms with Gasteiger partial charge in [0.15, 0.2) is 0 Å². The van der Waals surface area contributed by atoms with Crippen molar-refractivity contribution in [3.05, 3.63) is 36.4 Å². The van der Waals surface area contributed by atoms with E-state index in [1.807, 2.05) is 0 Å². The van der Waals surface area contributed by atoms with Gasteiger partial charge in [0.1, 0.15) is 15.9 Å². The lowest BCUT2D eigenvalue weighted by atomic mass is 10.1. The monoisotopic (exact) mass is 241 g/mol. The summed E-state index contributed by atoms with van der Waals surface area (Å²) in [5.41, 5.74) is 0. The highest BCUT2D eigenvalue weighted by atomic mass is 32.2. The first kappa shape index (κ1) is 12.4. The average Bonchev–Trinajstić information content (AvgIpc) is 2.16. The molecule has 0 unspecified atom stereocenters. The Bertz CT molecular complexity index is 622. The SMILES string of the molecule is O=S(=O)([O-])c1ccc2ccccc2c1O.[NH4+]. The van der Waals surface area contributed by atoms with Gasteiger partial charge in [-0.15, -0.1) is 0 Å². The highest BCUT2D eigenvalue weighted by molar-refractivity contribution is 7.85. The molecule has 16 heavy (non-hydrogen) atoms. The molecule has 5 nitrogen and oxygen atoms in total. The minimum Gasteiger partial charge on any atom is -0.744 e. The van der Waals surface area contributed by atoms with Crippen LogP contribution in [0.25, 0.3) is 10.8 Å². The van der Waals surface area contributed by atoms with Crippen molar-refractivity contribution in [2.75, 3.05) is 0 Å². The van der Waals surface area contributed by atoms with E-state index in [-0.39, 0.29) is 6.15 Å². The maximum absolute atomic E-state index is 10.8. The maximum Gasteiger partial charge on any atom is 0.140 e. The van der Waals surface area contributed by atoms with Crippen LogP contribution in [0.4, 0.5) is 0 Å². The van der Waals surface area contributed by atoms with Crippen LogP contribution in [0.15, 0.2) is 41.3 Å². The van der Waals surface area contributed by atoms with Crippen molar-refractivity contribution in [3.63, 3.8) is 0 Å². The third-order valence-corrected chi connectivity index (χ3v) is 3.00. The van der Waals surface area contributed by atoms with Crippen molar-refractivity contribution >= 4 is 20.9 Å². The van der Waals surface area contributed by atoms with Crippen LogP contribution in [-0.2, 0) is 10.1 Å². The number of quaternary nitrogens is 1. The molecule has 0 atom stereocenters. The molecule has 5 N–H and O–H groups in total. The molecule has 0 fully saturated rings. The Balaban J connectivity index is 0.00000128. The standard InChI is InChI=1S/C10H8O4S.H3N/c11-10-8-4-2-1-3-7(8)5-6-9(10)15(12,13)14;/h1-6,11H,(H,12,13,14);1H3. The minimum absolute atomic E-state index is 0. The first-order chi connectivity index (χ1) is 7.00. The molecular weight excluding hydrogens is 230 g/mol. The highest BCUT2D eigenvalue weighted by Crippen LogP contribution is 2.31. The van der Waals surface area contributed by atoms with E-state index >= 15 is 0 Å². The minimum atomic E-state index is -4.62. The van der Waals surface area contributed by atoms with E-state index in [0.717, 1.165) is 6.07 Å². The lowest BCUT2D eigenvalue weighted by Crippen LogP contribution is -1.98. The molecule has 0 heterocycles. The fraction of sp³-hybridized carbons (Fsp3) is 0. The molecule has 0 aliphatic rings. The van der Waals surface area contributed by atoms with Crippen LogP contribution in [0.5, 0.6) is 5.75 Å². The molecule has 0 amide bonds. The summed E-state index contributed by atoms with van der Waals surface area (Å²) in [5.74, 6) is -0.483. The third-order valence-electron chi connectivity index (χ3n) is 2.13. The van der Waals surface area contributed by atoms with Crippen molar-refractivity contribution < 1.29 is 18.1 Å². The zero-order chi connectivity index (χ0) is 11.1. The van der Waals surface area contributed by atoms with Gasteiger partial charge in [-0.3, -0.25) is 0 Å². The van der Waals surface area contributed by atoms with Gasteiger partial charge >= 0.3 is 0 Å². The lowest BCUT2D eigenvalue weighted by molar-refractivity contribution is 0.439. The summed E-state index contributed by atoms with van der Waals surface area (Å²) in [5, 5.41) is 10.6. The molecule has 0 aliphatic carbocycles. The van der Waals surface area contributed by atoms with Crippen molar-refractivity contribution in [1.29, 1.82) is 0 Å². The van der Waals surface area contributed by atoms with Gasteiger partial charge in [0.25, 0.3) is 0 Å². The van der Waals surface area contributed by atoms with Gasteiger partial charge in [0, 0.05) is 5.39 Å². The third kappa shape index (κ3) is 1.99. The summed E-state index contributed by atoms with van der Waals surface area (Å²) in [4.78, 5) is -0.582.